The van der Waals surface area contributed by atoms with E-state index < -0.39 is 12.1 Å². The molecule has 0 aliphatic carbocycles. The minimum Gasteiger partial charge on any atom is -0.371 e. The topological polar surface area (TPSA) is 138 Å². The molecule has 3 fully saturated rings. The van der Waals surface area contributed by atoms with Gasteiger partial charge in [-0.25, -0.2) is 4.98 Å². The molecule has 13 nitrogen and oxygen atoms in total. The van der Waals surface area contributed by atoms with Crippen LogP contribution in [0.25, 0.3) is 0 Å². The number of aromatic nitrogens is 1. The molecule has 0 radical (unpaired) electrons. The maximum Gasteiger partial charge on any atom is 0.255 e. The molecule has 354 valence electrons. The van der Waals surface area contributed by atoms with Crippen molar-refractivity contribution in [1.82, 2.24) is 29.9 Å². The Morgan fingerprint density at radius 2 is 1.52 bits per heavy atom. The van der Waals surface area contributed by atoms with E-state index in [0.717, 1.165) is 91.6 Å². The van der Waals surface area contributed by atoms with Gasteiger partial charge in [0, 0.05) is 98.1 Å². The van der Waals surface area contributed by atoms with Gasteiger partial charge in [0.05, 0.1) is 0 Å². The van der Waals surface area contributed by atoms with E-state index in [-0.39, 0.29) is 36.0 Å². The van der Waals surface area contributed by atoms with Crippen molar-refractivity contribution in [3.05, 3.63) is 106 Å². The lowest BCUT2D eigenvalue weighted by atomic mass is 10.0. The molecule has 67 heavy (non-hydrogen) atoms. The van der Waals surface area contributed by atoms with Gasteiger partial charge in [-0.15, -0.1) is 23.1 Å². The Bertz CT molecular complexity index is 2370. The summed E-state index contributed by atoms with van der Waals surface area (Å²) in [6.45, 7) is 8.56. The number of thiazole rings is 1. The summed E-state index contributed by atoms with van der Waals surface area (Å²) in [6, 6.07) is 21.0. The zero-order valence-electron chi connectivity index (χ0n) is 38.5. The third-order valence-electron chi connectivity index (χ3n) is 14.4. The number of fused-ring (bicyclic) bond motifs is 2. The highest BCUT2D eigenvalue weighted by molar-refractivity contribution is 7.99. The molecule has 4 aromatic rings. The molecule has 3 saturated heterocycles. The molecule has 2 N–H and O–H groups in total. The number of piperidine rings is 2. The van der Waals surface area contributed by atoms with Crippen LogP contribution >= 0.6 is 23.1 Å². The van der Waals surface area contributed by atoms with Crippen molar-refractivity contribution in [2.24, 2.45) is 0 Å². The summed E-state index contributed by atoms with van der Waals surface area (Å²) in [4.78, 5) is 81.3. The molecule has 6 heterocycles. The van der Waals surface area contributed by atoms with Crippen LogP contribution in [0.15, 0.2) is 83.2 Å². The summed E-state index contributed by atoms with van der Waals surface area (Å²) in [6.07, 6.45) is 16.0. The van der Waals surface area contributed by atoms with Crippen LogP contribution in [-0.4, -0.2) is 118 Å². The number of carbonyl (C=O) groups excluding carboxylic acids is 5. The number of piperazine rings is 1. The first-order chi connectivity index (χ1) is 32.8. The fourth-order valence-corrected chi connectivity index (χ4v) is 12.3. The molecule has 0 bridgehead atoms. The highest BCUT2D eigenvalue weighted by Gasteiger charge is 2.41. The SMILES string of the molecule is O=C1CCC(N2Cc3c(SCCCCCCCCCCCN4CCN(C5CCN(c6ccc7c(c6)C(=O)N(C(C(=O)Nc6nccs6)c6ccccc6)C7)CC5)CC4)cccc3C2=O)C(=O)N1. The molecule has 5 aliphatic heterocycles. The normalized spacial score (nSPS) is 19.8. The molecule has 5 amide bonds. The first-order valence-electron chi connectivity index (χ1n) is 24.6. The summed E-state index contributed by atoms with van der Waals surface area (Å²) in [5.74, 6) is -0.0826. The Hall–Kier alpha value is -5.09. The molecule has 5 aliphatic rings. The molecule has 3 aromatic carbocycles. The Morgan fingerprint density at radius 1 is 0.776 bits per heavy atom. The van der Waals surface area contributed by atoms with Crippen molar-refractivity contribution in [2.75, 3.05) is 61.8 Å². The lowest BCUT2D eigenvalue weighted by molar-refractivity contribution is -0.137. The predicted octanol–water partition coefficient (Wildman–Crippen LogP) is 8.13. The zero-order chi connectivity index (χ0) is 46.1. The first kappa shape index (κ1) is 47.0. The molecule has 0 spiro atoms. The van der Waals surface area contributed by atoms with Crippen molar-refractivity contribution in [2.45, 2.75) is 120 Å². The van der Waals surface area contributed by atoms with E-state index in [1.165, 1.54) is 69.2 Å². The second-order valence-electron chi connectivity index (χ2n) is 18.7. The largest absolute Gasteiger partial charge is 0.371 e. The van der Waals surface area contributed by atoms with Crippen molar-refractivity contribution in [1.29, 1.82) is 0 Å². The number of benzene rings is 3. The van der Waals surface area contributed by atoms with Crippen LogP contribution in [0.2, 0.25) is 0 Å². The predicted molar refractivity (Wildman–Crippen MR) is 264 cm³/mol. The molecule has 1 aromatic heterocycles. The van der Waals surface area contributed by atoms with E-state index >= 15 is 0 Å². The minimum absolute atomic E-state index is 0.106. The molecule has 2 unspecified atom stereocenters. The van der Waals surface area contributed by atoms with Crippen LogP contribution in [-0.2, 0) is 27.5 Å². The Labute approximate surface area is 403 Å². The lowest BCUT2D eigenvalue weighted by Gasteiger charge is -2.43. The number of rotatable bonds is 20. The molecule has 15 heteroatoms. The quantitative estimate of drug-likeness (QED) is 0.0508. The van der Waals surface area contributed by atoms with Crippen LogP contribution in [0.4, 0.5) is 10.8 Å². The number of hydrogen-bond acceptors (Lipinski definition) is 11. The van der Waals surface area contributed by atoms with Crippen LogP contribution in [0, 0.1) is 0 Å². The number of amides is 5. The van der Waals surface area contributed by atoms with Gasteiger partial charge in [-0.2, -0.15) is 0 Å². The molecular weight excluding hydrogens is 881 g/mol. The average Bonchev–Trinajstić information content (AvgIpc) is 4.07. The van der Waals surface area contributed by atoms with Gasteiger partial charge in [-0.05, 0) is 85.4 Å². The fraction of sp³-hybridized carbons (Fsp3) is 0.500. The maximum absolute atomic E-state index is 14.0. The number of nitrogens with zero attached hydrogens (tertiary/aromatic N) is 6. The van der Waals surface area contributed by atoms with E-state index in [1.54, 1.807) is 16.0 Å². The molecular formula is C52H64N8O5S2. The van der Waals surface area contributed by atoms with E-state index in [0.29, 0.717) is 41.8 Å². The van der Waals surface area contributed by atoms with Crippen LogP contribution in [0.3, 0.4) is 0 Å². The molecule has 0 saturated carbocycles. The van der Waals surface area contributed by atoms with Crippen molar-refractivity contribution in [3.63, 3.8) is 0 Å². The van der Waals surface area contributed by atoms with Gasteiger partial charge in [0.25, 0.3) is 17.7 Å². The summed E-state index contributed by atoms with van der Waals surface area (Å²) in [5.41, 5.74) is 5.22. The number of hydrogen-bond donors (Lipinski definition) is 2. The van der Waals surface area contributed by atoms with E-state index in [4.69, 9.17) is 0 Å². The van der Waals surface area contributed by atoms with Crippen LogP contribution in [0.5, 0.6) is 0 Å². The van der Waals surface area contributed by atoms with Crippen LogP contribution in [0.1, 0.15) is 127 Å². The highest BCUT2D eigenvalue weighted by atomic mass is 32.2. The average molecular weight is 945 g/mol. The van der Waals surface area contributed by atoms with Gasteiger partial charge in [-0.1, -0.05) is 87.4 Å². The lowest BCUT2D eigenvalue weighted by Crippen LogP contribution is -2.53. The molecule has 9 rings (SSSR count). The first-order valence-corrected chi connectivity index (χ1v) is 26.5. The summed E-state index contributed by atoms with van der Waals surface area (Å²) in [5, 5.41) is 7.66. The Balaban J connectivity index is 0.618. The summed E-state index contributed by atoms with van der Waals surface area (Å²) < 4.78 is 0. The fourth-order valence-electron chi connectivity index (χ4n) is 10.7. The van der Waals surface area contributed by atoms with Gasteiger partial charge < -0.3 is 19.6 Å². The number of thioether (sulfide) groups is 1. The van der Waals surface area contributed by atoms with Crippen LogP contribution < -0.4 is 15.5 Å². The van der Waals surface area contributed by atoms with E-state index in [2.05, 4.69) is 48.5 Å². The number of carbonyl (C=O) groups is 5. The number of nitrogens with one attached hydrogen (secondary N) is 2. The summed E-state index contributed by atoms with van der Waals surface area (Å²) in [7, 11) is 0. The second kappa shape index (κ2) is 22.3. The van der Waals surface area contributed by atoms with Gasteiger partial charge in [-0.3, -0.25) is 39.5 Å². The monoisotopic (exact) mass is 944 g/mol. The van der Waals surface area contributed by atoms with Gasteiger partial charge in [0.2, 0.25) is 11.8 Å². The van der Waals surface area contributed by atoms with Gasteiger partial charge in [0.1, 0.15) is 12.1 Å². The number of unbranched alkanes of at least 4 members (excludes halogenated alkanes) is 8. The smallest absolute Gasteiger partial charge is 0.255 e. The molecule has 2 atom stereocenters. The van der Waals surface area contributed by atoms with Gasteiger partial charge in [0.15, 0.2) is 5.13 Å². The van der Waals surface area contributed by atoms with Crippen molar-refractivity contribution in [3.8, 4) is 0 Å². The Kier molecular flexibility index (Phi) is 15.7. The Morgan fingerprint density at radius 3 is 2.25 bits per heavy atom. The highest BCUT2D eigenvalue weighted by Crippen LogP contribution is 2.37. The number of anilines is 2. The summed E-state index contributed by atoms with van der Waals surface area (Å²) >= 11 is 3.18. The third-order valence-corrected chi connectivity index (χ3v) is 16.3. The third kappa shape index (κ3) is 11.3. The van der Waals surface area contributed by atoms with E-state index in [9.17, 15) is 24.0 Å². The second-order valence-corrected chi connectivity index (χ2v) is 20.8. The van der Waals surface area contributed by atoms with E-state index in [1.807, 2.05) is 65.7 Å². The van der Waals surface area contributed by atoms with Gasteiger partial charge >= 0.3 is 0 Å². The van der Waals surface area contributed by atoms with Crippen molar-refractivity contribution >= 4 is 63.5 Å². The zero-order valence-corrected chi connectivity index (χ0v) is 40.2. The van der Waals surface area contributed by atoms with Crippen molar-refractivity contribution < 1.29 is 24.0 Å². The maximum atomic E-state index is 14.0. The number of imide groups is 1. The minimum atomic E-state index is -0.759. The standard InChI is InChI=1S/C52H64N8O5S2/c61-46-21-20-44(48(62)54-46)59-36-43-41(50(59)64)16-13-17-45(43)66-32-12-7-5-3-1-2-4-6-11-25-56-28-30-58(31-29-56)39-22-26-57(27-23-39)40-19-18-38-35-60(51(65)42(38)34-40)47(37-14-9-8-10-15-37)49(63)55-52-53-24-33-67-52/h8-10,13-19,24,33-34,39,44,47H,1-7,11-12,20-23,25-32,35-36H2,(H,53,55,63)(H,54,61,62).